The second kappa shape index (κ2) is 6.79. The summed E-state index contributed by atoms with van der Waals surface area (Å²) >= 11 is 11.9. The number of rotatable bonds is 3. The summed E-state index contributed by atoms with van der Waals surface area (Å²) in [6, 6.07) is 11.7. The van der Waals surface area contributed by atoms with Crippen LogP contribution < -0.4 is 4.74 Å². The molecule has 0 spiro atoms. The Morgan fingerprint density at radius 1 is 1.11 bits per heavy atom. The summed E-state index contributed by atoms with van der Waals surface area (Å²) in [4.78, 5) is -0.0470. The van der Waals surface area contributed by atoms with E-state index in [0.717, 1.165) is 33.8 Å². The monoisotopic (exact) mass is 436 g/mol. The van der Waals surface area contributed by atoms with Crippen LogP contribution in [0.15, 0.2) is 53.6 Å². The smallest absolute Gasteiger partial charge is 0.284 e. The van der Waals surface area contributed by atoms with Crippen LogP contribution >= 0.6 is 23.2 Å². The van der Waals surface area contributed by atoms with Gasteiger partial charge in [0.15, 0.2) is 0 Å². The van der Waals surface area contributed by atoms with Gasteiger partial charge in [-0.3, -0.25) is 0 Å². The highest BCUT2D eigenvalue weighted by Gasteiger charge is 2.27. The van der Waals surface area contributed by atoms with Crippen molar-refractivity contribution in [3.8, 4) is 17.0 Å². The van der Waals surface area contributed by atoms with Gasteiger partial charge in [-0.2, -0.15) is 17.6 Å². The molecule has 146 valence electrons. The molecule has 2 aromatic carbocycles. The van der Waals surface area contributed by atoms with Crippen LogP contribution in [-0.2, 0) is 16.4 Å². The molecular weight excluding hydrogens is 419 g/mol. The van der Waals surface area contributed by atoms with Gasteiger partial charge in [-0.25, -0.2) is 0 Å². The Balaban J connectivity index is 1.68. The molecule has 0 unspecified atom stereocenters. The van der Waals surface area contributed by atoms with E-state index in [-0.39, 0.29) is 15.5 Å². The number of aromatic nitrogens is 2. The van der Waals surface area contributed by atoms with Gasteiger partial charge in [-0.15, -0.1) is 0 Å². The summed E-state index contributed by atoms with van der Waals surface area (Å²) in [6.07, 6.45) is 3.23. The minimum absolute atomic E-state index is 0.0470. The van der Waals surface area contributed by atoms with Gasteiger partial charge in [0.1, 0.15) is 16.2 Å². The fourth-order valence-corrected chi connectivity index (χ4v) is 5.06. The van der Waals surface area contributed by atoms with E-state index in [1.807, 2.05) is 18.2 Å². The van der Waals surface area contributed by atoms with Gasteiger partial charge >= 0.3 is 0 Å². The SMILES string of the molecule is CC1(C)CCc2cc(-c3ccn(S(=O)(=O)c4ccc(Cl)cc4Cl)n3)ccc2O1. The summed E-state index contributed by atoms with van der Waals surface area (Å²) < 4.78 is 32.7. The van der Waals surface area contributed by atoms with Crippen molar-refractivity contribution >= 4 is 33.2 Å². The quantitative estimate of drug-likeness (QED) is 0.565. The Hall–Kier alpha value is -2.02. The predicted molar refractivity (Wildman–Crippen MR) is 110 cm³/mol. The Morgan fingerprint density at radius 2 is 1.89 bits per heavy atom. The van der Waals surface area contributed by atoms with Crippen molar-refractivity contribution in [2.75, 3.05) is 0 Å². The van der Waals surface area contributed by atoms with Crippen molar-refractivity contribution in [3.05, 3.63) is 64.3 Å². The Morgan fingerprint density at radius 3 is 2.64 bits per heavy atom. The normalized spacial score (nSPS) is 15.7. The van der Waals surface area contributed by atoms with Crippen molar-refractivity contribution in [2.45, 2.75) is 37.2 Å². The first-order valence-corrected chi connectivity index (χ1v) is 10.9. The highest BCUT2D eigenvalue weighted by molar-refractivity contribution is 7.90. The van der Waals surface area contributed by atoms with Gasteiger partial charge in [0.25, 0.3) is 10.0 Å². The molecule has 4 rings (SSSR count). The minimum atomic E-state index is -3.92. The average molecular weight is 437 g/mol. The van der Waals surface area contributed by atoms with Crippen LogP contribution in [-0.4, -0.2) is 23.2 Å². The first kappa shape index (κ1) is 19.3. The van der Waals surface area contributed by atoms with Crippen LogP contribution in [0.3, 0.4) is 0 Å². The van der Waals surface area contributed by atoms with Crippen molar-refractivity contribution in [1.82, 2.24) is 9.19 Å². The Labute approximate surface area is 173 Å². The summed E-state index contributed by atoms with van der Waals surface area (Å²) in [5, 5.41) is 4.68. The number of hydrogen-bond donors (Lipinski definition) is 0. The fourth-order valence-electron chi connectivity index (χ4n) is 3.20. The number of halogens is 2. The second-order valence-electron chi connectivity index (χ2n) is 7.34. The van der Waals surface area contributed by atoms with Crippen molar-refractivity contribution < 1.29 is 13.2 Å². The molecule has 3 aromatic rings. The molecule has 0 fully saturated rings. The predicted octanol–water partition coefficient (Wildman–Crippen LogP) is 5.20. The van der Waals surface area contributed by atoms with E-state index in [9.17, 15) is 8.42 Å². The van der Waals surface area contributed by atoms with Gasteiger partial charge in [0.2, 0.25) is 0 Å². The zero-order valence-corrected chi connectivity index (χ0v) is 17.6. The summed E-state index contributed by atoms with van der Waals surface area (Å²) in [6.45, 7) is 4.14. The van der Waals surface area contributed by atoms with E-state index in [2.05, 4.69) is 18.9 Å². The number of hydrogen-bond acceptors (Lipinski definition) is 4. The molecule has 1 aliphatic rings. The van der Waals surface area contributed by atoms with E-state index >= 15 is 0 Å². The van der Waals surface area contributed by atoms with Crippen LogP contribution in [0.4, 0.5) is 0 Å². The Bertz CT molecular complexity index is 1170. The molecule has 1 aromatic heterocycles. The third kappa shape index (κ3) is 3.52. The summed E-state index contributed by atoms with van der Waals surface area (Å²) in [7, 11) is -3.92. The van der Waals surface area contributed by atoms with Crippen molar-refractivity contribution in [3.63, 3.8) is 0 Å². The minimum Gasteiger partial charge on any atom is -0.488 e. The highest BCUT2D eigenvalue weighted by Crippen LogP contribution is 2.35. The van der Waals surface area contributed by atoms with Crippen LogP contribution in [0.2, 0.25) is 10.0 Å². The lowest BCUT2D eigenvalue weighted by Crippen LogP contribution is -2.32. The molecule has 0 radical (unpaired) electrons. The maximum absolute atomic E-state index is 12.9. The summed E-state index contributed by atoms with van der Waals surface area (Å²) in [5.41, 5.74) is 2.30. The highest BCUT2D eigenvalue weighted by atomic mass is 35.5. The fraction of sp³-hybridized carbons (Fsp3) is 0.250. The number of ether oxygens (including phenoxy) is 1. The molecule has 0 amide bonds. The third-order valence-electron chi connectivity index (χ3n) is 4.72. The van der Waals surface area contributed by atoms with Gasteiger partial charge < -0.3 is 4.74 Å². The number of fused-ring (bicyclic) bond motifs is 1. The summed E-state index contributed by atoms with van der Waals surface area (Å²) in [5.74, 6) is 0.861. The lowest BCUT2D eigenvalue weighted by Gasteiger charge is -2.32. The molecule has 0 saturated carbocycles. The van der Waals surface area contributed by atoms with E-state index < -0.39 is 10.0 Å². The second-order valence-corrected chi connectivity index (χ2v) is 9.95. The number of benzene rings is 2. The Kier molecular flexibility index (Phi) is 4.68. The van der Waals surface area contributed by atoms with Gasteiger partial charge in [0, 0.05) is 16.8 Å². The average Bonchev–Trinajstić information content (AvgIpc) is 3.11. The molecule has 28 heavy (non-hydrogen) atoms. The molecule has 0 bridgehead atoms. The first-order valence-electron chi connectivity index (χ1n) is 8.74. The molecule has 1 aliphatic heterocycles. The molecular formula is C20H18Cl2N2O3S. The van der Waals surface area contributed by atoms with Gasteiger partial charge in [-0.1, -0.05) is 23.2 Å². The van der Waals surface area contributed by atoms with Crippen LogP contribution in [0.5, 0.6) is 5.75 Å². The van der Waals surface area contributed by atoms with E-state index in [1.165, 1.54) is 24.4 Å². The molecule has 0 atom stereocenters. The molecule has 0 N–H and O–H groups in total. The van der Waals surface area contributed by atoms with E-state index in [0.29, 0.717) is 10.7 Å². The zero-order valence-electron chi connectivity index (χ0n) is 15.3. The largest absolute Gasteiger partial charge is 0.488 e. The first-order chi connectivity index (χ1) is 13.2. The lowest BCUT2D eigenvalue weighted by molar-refractivity contribution is 0.0847. The maximum atomic E-state index is 12.9. The van der Waals surface area contributed by atoms with Crippen molar-refractivity contribution in [2.24, 2.45) is 0 Å². The number of aryl methyl sites for hydroxylation is 1. The zero-order chi connectivity index (χ0) is 20.1. The number of nitrogens with zero attached hydrogens (tertiary/aromatic N) is 2. The van der Waals surface area contributed by atoms with E-state index in [1.54, 1.807) is 6.07 Å². The lowest BCUT2D eigenvalue weighted by atomic mass is 9.93. The van der Waals surface area contributed by atoms with Gasteiger partial charge in [0.05, 0.1) is 10.7 Å². The standard InChI is InChI=1S/C20H18Cl2N2O3S/c1-20(2)9-7-14-11-13(3-5-18(14)27-20)17-8-10-24(23-17)28(25,26)19-6-4-15(21)12-16(19)22/h3-6,8,10-12H,7,9H2,1-2H3. The molecule has 2 heterocycles. The third-order valence-corrected chi connectivity index (χ3v) is 6.99. The molecule has 0 aliphatic carbocycles. The van der Waals surface area contributed by atoms with Crippen molar-refractivity contribution in [1.29, 1.82) is 0 Å². The maximum Gasteiger partial charge on any atom is 0.284 e. The molecule has 8 heteroatoms. The van der Waals surface area contributed by atoms with Crippen LogP contribution in [0, 0.1) is 0 Å². The topological polar surface area (TPSA) is 61.2 Å². The van der Waals surface area contributed by atoms with E-state index in [4.69, 9.17) is 27.9 Å². The van der Waals surface area contributed by atoms with Crippen LogP contribution in [0.25, 0.3) is 11.3 Å². The van der Waals surface area contributed by atoms with Gasteiger partial charge in [-0.05, 0) is 74.7 Å². The van der Waals surface area contributed by atoms with Crippen LogP contribution in [0.1, 0.15) is 25.8 Å². The molecule has 0 saturated heterocycles. The molecule has 5 nitrogen and oxygen atoms in total.